The van der Waals surface area contributed by atoms with Gasteiger partial charge in [0.2, 0.25) is 0 Å². The number of ether oxygens (including phenoxy) is 1. The zero-order valence-corrected chi connectivity index (χ0v) is 23.2. The SMILES string of the molecule is Cl.O=C(O)c1ccc2c(c1)CCCC(c1cccc(OC(F)(F)F)c1)=C2c1ccc(CC2CN(CCCF)C2)cc1. The van der Waals surface area contributed by atoms with Gasteiger partial charge in [-0.2, -0.15) is 0 Å². The lowest BCUT2D eigenvalue weighted by Crippen LogP contribution is -2.47. The Hall–Kier alpha value is -3.36. The Balaban J connectivity index is 0.00000387. The second-order valence-electron chi connectivity index (χ2n) is 10.5. The van der Waals surface area contributed by atoms with Crippen LogP contribution in [-0.2, 0) is 12.8 Å². The maximum atomic E-state index is 13.0. The van der Waals surface area contributed by atoms with E-state index in [2.05, 4.69) is 21.8 Å². The highest BCUT2D eigenvalue weighted by Crippen LogP contribution is 2.41. The molecule has 0 bridgehead atoms. The number of halogens is 5. The minimum atomic E-state index is -4.79. The van der Waals surface area contributed by atoms with E-state index in [9.17, 15) is 27.5 Å². The summed E-state index contributed by atoms with van der Waals surface area (Å²) in [6.07, 6.45) is -1.31. The predicted molar refractivity (Wildman–Crippen MR) is 153 cm³/mol. The molecule has 0 radical (unpaired) electrons. The fourth-order valence-electron chi connectivity index (χ4n) is 5.83. The number of benzene rings is 3. The van der Waals surface area contributed by atoms with Gasteiger partial charge in [0.05, 0.1) is 12.2 Å². The number of hydrogen-bond acceptors (Lipinski definition) is 3. The first-order chi connectivity index (χ1) is 19.2. The molecule has 2 aliphatic rings. The number of likely N-dealkylation sites (tertiary alicyclic amines) is 1. The fraction of sp³-hybridized carbons (Fsp3) is 0.344. The van der Waals surface area contributed by atoms with E-state index in [0.29, 0.717) is 30.7 Å². The average Bonchev–Trinajstić information content (AvgIpc) is 3.08. The molecule has 41 heavy (non-hydrogen) atoms. The van der Waals surface area contributed by atoms with Crippen LogP contribution in [0.4, 0.5) is 17.6 Å². The monoisotopic (exact) mass is 589 g/mol. The largest absolute Gasteiger partial charge is 0.573 e. The van der Waals surface area contributed by atoms with Crippen molar-refractivity contribution < 1.29 is 32.2 Å². The molecule has 218 valence electrons. The van der Waals surface area contributed by atoms with E-state index in [1.165, 1.54) is 17.7 Å². The van der Waals surface area contributed by atoms with Crippen molar-refractivity contribution in [3.05, 3.63) is 100 Å². The van der Waals surface area contributed by atoms with E-state index >= 15 is 0 Å². The quantitative estimate of drug-likeness (QED) is 0.258. The summed E-state index contributed by atoms with van der Waals surface area (Å²) in [5.41, 5.74) is 6.53. The number of carboxylic acids is 1. The van der Waals surface area contributed by atoms with Crippen LogP contribution in [0.2, 0.25) is 0 Å². The Labute approximate surface area is 243 Å². The fourth-order valence-corrected chi connectivity index (χ4v) is 5.83. The number of rotatable bonds is 9. The van der Waals surface area contributed by atoms with Gasteiger partial charge in [0.25, 0.3) is 0 Å². The number of aryl methyl sites for hydroxylation is 1. The van der Waals surface area contributed by atoms with Crippen LogP contribution < -0.4 is 4.74 Å². The molecule has 5 rings (SSSR count). The van der Waals surface area contributed by atoms with Crippen LogP contribution in [0.25, 0.3) is 11.1 Å². The van der Waals surface area contributed by atoms with Gasteiger partial charge in [-0.05, 0) is 101 Å². The predicted octanol–water partition coefficient (Wildman–Crippen LogP) is 7.83. The van der Waals surface area contributed by atoms with Crippen molar-refractivity contribution in [2.75, 3.05) is 26.3 Å². The number of nitrogens with zero attached hydrogens (tertiary/aromatic N) is 1. The summed E-state index contributed by atoms with van der Waals surface area (Å²) < 4.78 is 55.5. The normalized spacial score (nSPS) is 15.9. The molecule has 0 amide bonds. The molecular weight excluding hydrogens is 558 g/mol. The summed E-state index contributed by atoms with van der Waals surface area (Å²) in [6.45, 7) is 2.43. The first kappa shape index (κ1) is 30.6. The summed E-state index contributed by atoms with van der Waals surface area (Å²) in [5, 5.41) is 9.54. The van der Waals surface area contributed by atoms with Crippen LogP contribution in [0.3, 0.4) is 0 Å². The molecule has 1 aliphatic carbocycles. The molecule has 4 nitrogen and oxygen atoms in total. The van der Waals surface area contributed by atoms with E-state index < -0.39 is 12.3 Å². The third-order valence-electron chi connectivity index (χ3n) is 7.62. The second-order valence-corrected chi connectivity index (χ2v) is 10.5. The van der Waals surface area contributed by atoms with Gasteiger partial charge in [-0.3, -0.25) is 4.39 Å². The Morgan fingerprint density at radius 2 is 1.73 bits per heavy atom. The smallest absolute Gasteiger partial charge is 0.478 e. The van der Waals surface area contributed by atoms with Crippen molar-refractivity contribution in [2.45, 2.75) is 38.5 Å². The second kappa shape index (κ2) is 13.1. The van der Waals surface area contributed by atoms with Gasteiger partial charge in [0.1, 0.15) is 5.75 Å². The highest BCUT2D eigenvalue weighted by molar-refractivity contribution is 6.00. The summed E-state index contributed by atoms with van der Waals surface area (Å²) in [5.74, 6) is -0.748. The summed E-state index contributed by atoms with van der Waals surface area (Å²) in [7, 11) is 0. The van der Waals surface area contributed by atoms with Gasteiger partial charge < -0.3 is 14.7 Å². The third-order valence-corrected chi connectivity index (χ3v) is 7.62. The van der Waals surface area contributed by atoms with Crippen LogP contribution in [0.1, 0.15) is 57.4 Å². The van der Waals surface area contributed by atoms with Crippen molar-refractivity contribution in [1.29, 1.82) is 0 Å². The Bertz CT molecular complexity index is 1400. The van der Waals surface area contributed by atoms with Crippen LogP contribution in [0.5, 0.6) is 5.75 Å². The van der Waals surface area contributed by atoms with Crippen molar-refractivity contribution in [2.24, 2.45) is 5.92 Å². The molecule has 0 saturated carbocycles. The Kier molecular flexibility index (Phi) is 9.76. The van der Waals surface area contributed by atoms with E-state index in [1.807, 2.05) is 18.2 Å². The molecule has 1 fully saturated rings. The number of alkyl halides is 4. The van der Waals surface area contributed by atoms with E-state index in [-0.39, 0.29) is 30.4 Å². The molecule has 0 aromatic heterocycles. The molecule has 3 aromatic carbocycles. The number of carbonyl (C=O) groups is 1. The van der Waals surface area contributed by atoms with Gasteiger partial charge in [-0.25, -0.2) is 4.79 Å². The summed E-state index contributed by atoms with van der Waals surface area (Å²) in [4.78, 5) is 13.9. The van der Waals surface area contributed by atoms with E-state index in [4.69, 9.17) is 0 Å². The van der Waals surface area contributed by atoms with Crippen LogP contribution in [-0.4, -0.2) is 48.6 Å². The van der Waals surface area contributed by atoms with Crippen LogP contribution in [0.15, 0.2) is 66.7 Å². The number of hydrogen-bond donors (Lipinski definition) is 1. The minimum absolute atomic E-state index is 0. The lowest BCUT2D eigenvalue weighted by molar-refractivity contribution is -0.274. The van der Waals surface area contributed by atoms with Gasteiger partial charge >= 0.3 is 12.3 Å². The van der Waals surface area contributed by atoms with Crippen molar-refractivity contribution in [3.63, 3.8) is 0 Å². The topological polar surface area (TPSA) is 49.8 Å². The summed E-state index contributed by atoms with van der Waals surface area (Å²) in [6, 6.07) is 19.4. The standard InChI is InChI=1S/C32H31F4NO3.ClH/c33-14-3-15-37-19-22(20-37)16-21-8-10-23(11-9-21)30-28(25-4-1-6-27(18-25)40-32(34,35)36)7-2-5-24-17-26(31(38)39)12-13-29(24)30;/h1,4,6,8-13,17-18,22H,2-3,5,7,14-16,19-20H2,(H,38,39);1H. The molecule has 0 unspecified atom stereocenters. The van der Waals surface area contributed by atoms with Crippen molar-refractivity contribution >= 4 is 29.5 Å². The van der Waals surface area contributed by atoms with E-state index in [1.54, 1.807) is 24.3 Å². The van der Waals surface area contributed by atoms with Gasteiger partial charge in [0, 0.05) is 19.6 Å². The number of carboxylic acid groups (broad SMARTS) is 1. The molecule has 1 N–H and O–H groups in total. The van der Waals surface area contributed by atoms with Crippen LogP contribution in [0, 0.1) is 5.92 Å². The summed E-state index contributed by atoms with van der Waals surface area (Å²) >= 11 is 0. The molecular formula is C32H32ClF4NO3. The maximum Gasteiger partial charge on any atom is 0.573 e. The first-order valence-electron chi connectivity index (χ1n) is 13.5. The molecule has 1 saturated heterocycles. The molecule has 0 spiro atoms. The average molecular weight is 590 g/mol. The Morgan fingerprint density at radius 1 is 0.976 bits per heavy atom. The van der Waals surface area contributed by atoms with Crippen LogP contribution >= 0.6 is 12.4 Å². The highest BCUT2D eigenvalue weighted by atomic mass is 35.5. The molecule has 1 heterocycles. The minimum Gasteiger partial charge on any atom is -0.478 e. The highest BCUT2D eigenvalue weighted by Gasteiger charge is 2.31. The molecule has 3 aromatic rings. The third kappa shape index (κ3) is 7.49. The maximum absolute atomic E-state index is 13.0. The number of aromatic carboxylic acids is 1. The molecule has 1 aliphatic heterocycles. The van der Waals surface area contributed by atoms with Gasteiger partial charge in [0.15, 0.2) is 0 Å². The van der Waals surface area contributed by atoms with Gasteiger partial charge in [-0.1, -0.05) is 42.5 Å². The van der Waals surface area contributed by atoms with Crippen molar-refractivity contribution in [1.82, 2.24) is 4.90 Å². The molecule has 0 atom stereocenters. The lowest BCUT2D eigenvalue weighted by atomic mass is 9.86. The zero-order chi connectivity index (χ0) is 28.3. The Morgan fingerprint density at radius 3 is 2.41 bits per heavy atom. The van der Waals surface area contributed by atoms with Crippen molar-refractivity contribution in [3.8, 4) is 5.75 Å². The number of allylic oxidation sites excluding steroid dienone is 1. The molecule has 9 heteroatoms. The first-order valence-corrected chi connectivity index (χ1v) is 13.5. The van der Waals surface area contributed by atoms with Gasteiger partial charge in [-0.15, -0.1) is 25.6 Å². The van der Waals surface area contributed by atoms with E-state index in [0.717, 1.165) is 60.3 Å². The lowest BCUT2D eigenvalue weighted by Gasteiger charge is -2.39. The zero-order valence-electron chi connectivity index (χ0n) is 22.4. The number of fused-ring (bicyclic) bond motifs is 1.